The lowest BCUT2D eigenvalue weighted by Gasteiger charge is -2.37. The first-order valence-corrected chi connectivity index (χ1v) is 11.1. The van der Waals surface area contributed by atoms with Crippen molar-refractivity contribution in [2.24, 2.45) is 0 Å². The molecular formula is C23H30N2O4S. The van der Waals surface area contributed by atoms with Crippen molar-refractivity contribution in [1.82, 2.24) is 9.80 Å². The van der Waals surface area contributed by atoms with Gasteiger partial charge in [0.05, 0.1) is 12.6 Å². The van der Waals surface area contributed by atoms with Gasteiger partial charge >= 0.3 is 0 Å². The standard InChI is InChI=1S/C23H30N2O4S/c1-5-24(23(27)15-28-4)13-22(26)25-10-8-21-18(9-11-30-21)19(25)14-29-20-7-6-16(2)12-17(20)3/h6-7,9,11-12,19H,5,8,10,13-15H2,1-4H3. The lowest BCUT2D eigenvalue weighted by Crippen LogP contribution is -2.48. The SMILES string of the molecule is CCN(CC(=O)N1CCc2sccc2C1COc1ccc(C)cc1C)C(=O)COC. The number of amides is 2. The summed E-state index contributed by atoms with van der Waals surface area (Å²) >= 11 is 1.72. The van der Waals surface area contributed by atoms with Crippen molar-refractivity contribution < 1.29 is 19.1 Å². The number of nitrogens with zero attached hydrogens (tertiary/aromatic N) is 2. The average molecular weight is 431 g/mol. The Labute approximate surface area is 182 Å². The molecule has 0 spiro atoms. The maximum absolute atomic E-state index is 13.2. The van der Waals surface area contributed by atoms with E-state index in [0.29, 0.717) is 19.7 Å². The number of likely N-dealkylation sites (N-methyl/N-ethyl adjacent to an activating group) is 1. The predicted octanol–water partition coefficient (Wildman–Crippen LogP) is 3.36. The van der Waals surface area contributed by atoms with Crippen LogP contribution in [0.5, 0.6) is 5.75 Å². The summed E-state index contributed by atoms with van der Waals surface area (Å²) in [4.78, 5) is 30.1. The first-order valence-electron chi connectivity index (χ1n) is 10.3. The summed E-state index contributed by atoms with van der Waals surface area (Å²) < 4.78 is 11.1. The molecule has 6 nitrogen and oxygen atoms in total. The maximum Gasteiger partial charge on any atom is 0.249 e. The number of carbonyl (C=O) groups excluding carboxylic acids is 2. The Morgan fingerprint density at radius 3 is 2.77 bits per heavy atom. The summed E-state index contributed by atoms with van der Waals surface area (Å²) in [6, 6.07) is 8.03. The van der Waals surface area contributed by atoms with E-state index in [0.717, 1.165) is 23.3 Å². The molecule has 7 heteroatoms. The topological polar surface area (TPSA) is 59.1 Å². The number of rotatable bonds is 8. The molecule has 3 rings (SSSR count). The van der Waals surface area contributed by atoms with Crippen LogP contribution in [0.1, 0.15) is 34.5 Å². The fourth-order valence-corrected chi connectivity index (χ4v) is 4.78. The molecule has 1 aromatic heterocycles. The minimum Gasteiger partial charge on any atom is -0.491 e. The van der Waals surface area contributed by atoms with Crippen LogP contribution in [0.2, 0.25) is 0 Å². The second kappa shape index (κ2) is 10.1. The molecule has 0 aliphatic carbocycles. The lowest BCUT2D eigenvalue weighted by molar-refractivity contribution is -0.144. The average Bonchev–Trinajstić information content (AvgIpc) is 3.20. The number of ether oxygens (including phenoxy) is 2. The molecule has 2 heterocycles. The lowest BCUT2D eigenvalue weighted by atomic mass is 10.00. The fraction of sp³-hybridized carbons (Fsp3) is 0.478. The second-order valence-corrected chi connectivity index (χ2v) is 8.57. The Bertz CT molecular complexity index is 895. The number of carbonyl (C=O) groups is 2. The maximum atomic E-state index is 13.2. The first-order chi connectivity index (χ1) is 14.4. The Morgan fingerprint density at radius 2 is 2.07 bits per heavy atom. The molecule has 2 aromatic rings. The number of thiophene rings is 1. The molecule has 1 atom stereocenters. The third kappa shape index (κ3) is 5.02. The van der Waals surface area contributed by atoms with Gasteiger partial charge in [0, 0.05) is 25.1 Å². The minimum atomic E-state index is -0.176. The third-order valence-electron chi connectivity index (χ3n) is 5.47. The van der Waals surface area contributed by atoms with Crippen molar-refractivity contribution in [1.29, 1.82) is 0 Å². The van der Waals surface area contributed by atoms with Crippen LogP contribution in [0.3, 0.4) is 0 Å². The van der Waals surface area contributed by atoms with Gasteiger partial charge in [-0.05, 0) is 55.8 Å². The van der Waals surface area contributed by atoms with Crippen molar-refractivity contribution in [3.05, 3.63) is 51.2 Å². The minimum absolute atomic E-state index is 0.0188. The van der Waals surface area contributed by atoms with Crippen molar-refractivity contribution in [2.75, 3.05) is 40.0 Å². The van der Waals surface area contributed by atoms with E-state index in [4.69, 9.17) is 9.47 Å². The summed E-state index contributed by atoms with van der Waals surface area (Å²) in [7, 11) is 1.48. The molecule has 162 valence electrons. The molecule has 1 aliphatic rings. The van der Waals surface area contributed by atoms with Gasteiger partial charge in [0.25, 0.3) is 0 Å². The molecule has 0 saturated carbocycles. The summed E-state index contributed by atoms with van der Waals surface area (Å²) in [5.41, 5.74) is 3.42. The van der Waals surface area contributed by atoms with Gasteiger partial charge in [-0.25, -0.2) is 0 Å². The smallest absolute Gasteiger partial charge is 0.249 e. The zero-order chi connectivity index (χ0) is 21.7. The Morgan fingerprint density at radius 1 is 1.27 bits per heavy atom. The monoisotopic (exact) mass is 430 g/mol. The quantitative estimate of drug-likeness (QED) is 0.644. The molecule has 0 N–H and O–H groups in total. The van der Waals surface area contributed by atoms with Crippen LogP contribution in [0.4, 0.5) is 0 Å². The van der Waals surface area contributed by atoms with E-state index in [2.05, 4.69) is 24.4 Å². The van der Waals surface area contributed by atoms with E-state index in [-0.39, 0.29) is 31.0 Å². The van der Waals surface area contributed by atoms with E-state index in [1.807, 2.05) is 30.9 Å². The third-order valence-corrected chi connectivity index (χ3v) is 6.47. The second-order valence-electron chi connectivity index (χ2n) is 7.57. The Balaban J connectivity index is 1.76. The van der Waals surface area contributed by atoms with Gasteiger partial charge in [0.1, 0.15) is 19.0 Å². The van der Waals surface area contributed by atoms with Crippen LogP contribution in [-0.4, -0.2) is 61.6 Å². The summed E-state index contributed by atoms with van der Waals surface area (Å²) in [5.74, 6) is 0.595. The van der Waals surface area contributed by atoms with Gasteiger partial charge in [-0.1, -0.05) is 17.7 Å². The Kier molecular flexibility index (Phi) is 7.50. The highest BCUT2D eigenvalue weighted by atomic mass is 32.1. The van der Waals surface area contributed by atoms with Crippen LogP contribution < -0.4 is 4.74 Å². The highest BCUT2D eigenvalue weighted by molar-refractivity contribution is 7.10. The molecule has 0 radical (unpaired) electrons. The molecule has 1 aliphatic heterocycles. The molecular weight excluding hydrogens is 400 g/mol. The number of hydrogen-bond donors (Lipinski definition) is 0. The zero-order valence-corrected chi connectivity index (χ0v) is 19.0. The van der Waals surface area contributed by atoms with E-state index in [9.17, 15) is 9.59 Å². The van der Waals surface area contributed by atoms with Gasteiger partial charge in [0.2, 0.25) is 11.8 Å². The van der Waals surface area contributed by atoms with Crippen LogP contribution in [0.25, 0.3) is 0 Å². The van der Waals surface area contributed by atoms with Crippen molar-refractivity contribution >= 4 is 23.2 Å². The summed E-state index contributed by atoms with van der Waals surface area (Å²) in [6.07, 6.45) is 0.830. The molecule has 30 heavy (non-hydrogen) atoms. The molecule has 0 saturated heterocycles. The number of hydrogen-bond acceptors (Lipinski definition) is 5. The molecule has 0 fully saturated rings. The summed E-state index contributed by atoms with van der Waals surface area (Å²) in [5, 5.41) is 2.07. The highest BCUT2D eigenvalue weighted by Gasteiger charge is 2.33. The van der Waals surface area contributed by atoms with Crippen LogP contribution in [0.15, 0.2) is 29.6 Å². The van der Waals surface area contributed by atoms with Crippen molar-refractivity contribution in [3.8, 4) is 5.75 Å². The predicted molar refractivity (Wildman–Crippen MR) is 118 cm³/mol. The van der Waals surface area contributed by atoms with Gasteiger partial charge in [0.15, 0.2) is 0 Å². The Hall–Kier alpha value is -2.38. The van der Waals surface area contributed by atoms with Gasteiger partial charge in [-0.3, -0.25) is 9.59 Å². The van der Waals surface area contributed by atoms with Crippen LogP contribution in [-0.2, 0) is 20.7 Å². The van der Waals surface area contributed by atoms with Crippen LogP contribution >= 0.6 is 11.3 Å². The van der Waals surface area contributed by atoms with Gasteiger partial charge < -0.3 is 19.3 Å². The van der Waals surface area contributed by atoms with E-state index >= 15 is 0 Å². The molecule has 2 amide bonds. The number of benzene rings is 1. The normalized spacial score (nSPS) is 15.6. The highest BCUT2D eigenvalue weighted by Crippen LogP contribution is 2.34. The number of fused-ring (bicyclic) bond motifs is 1. The van der Waals surface area contributed by atoms with E-state index in [1.165, 1.54) is 22.5 Å². The first kappa shape index (κ1) is 22.3. The van der Waals surface area contributed by atoms with Gasteiger partial charge in [-0.2, -0.15) is 0 Å². The van der Waals surface area contributed by atoms with E-state index < -0.39 is 0 Å². The molecule has 1 unspecified atom stereocenters. The molecule has 1 aromatic carbocycles. The fourth-order valence-electron chi connectivity index (χ4n) is 3.85. The van der Waals surface area contributed by atoms with Crippen LogP contribution in [0, 0.1) is 13.8 Å². The van der Waals surface area contributed by atoms with Crippen molar-refractivity contribution in [3.63, 3.8) is 0 Å². The largest absolute Gasteiger partial charge is 0.491 e. The van der Waals surface area contributed by atoms with Crippen molar-refractivity contribution in [2.45, 2.75) is 33.2 Å². The zero-order valence-electron chi connectivity index (χ0n) is 18.1. The van der Waals surface area contributed by atoms with Gasteiger partial charge in [-0.15, -0.1) is 11.3 Å². The number of methoxy groups -OCH3 is 1. The molecule has 0 bridgehead atoms. The van der Waals surface area contributed by atoms with E-state index in [1.54, 1.807) is 11.3 Å². The number of aryl methyl sites for hydroxylation is 2. The summed E-state index contributed by atoms with van der Waals surface area (Å²) in [6.45, 7) is 7.47.